The van der Waals surface area contributed by atoms with Crippen LogP contribution in [-0.2, 0) is 9.53 Å². The highest BCUT2D eigenvalue weighted by Gasteiger charge is 2.29. The number of carbonyl (C=O) groups excluding carboxylic acids is 1. The summed E-state index contributed by atoms with van der Waals surface area (Å²) in [6, 6.07) is 7.78. The van der Waals surface area contributed by atoms with Gasteiger partial charge in [-0.3, -0.25) is 4.79 Å². The second-order valence-corrected chi connectivity index (χ2v) is 5.16. The van der Waals surface area contributed by atoms with Crippen LogP contribution in [0, 0.1) is 0 Å². The van der Waals surface area contributed by atoms with Gasteiger partial charge in [0.05, 0.1) is 6.10 Å². The minimum Gasteiger partial charge on any atom is -0.364 e. The summed E-state index contributed by atoms with van der Waals surface area (Å²) in [6.45, 7) is 0.478. The zero-order chi connectivity index (χ0) is 13.0. The van der Waals surface area contributed by atoms with Gasteiger partial charge in [0.1, 0.15) is 6.10 Å². The summed E-state index contributed by atoms with van der Waals surface area (Å²) in [5.74, 6) is -0.0794. The SMILES string of the molecule is CSc1cccc(NC(=O)C2CCC(CN)O2)c1. The molecule has 2 rings (SSSR count). The van der Waals surface area contributed by atoms with Crippen molar-refractivity contribution in [1.82, 2.24) is 0 Å². The first-order valence-electron chi connectivity index (χ1n) is 6.03. The Bertz CT molecular complexity index is 425. The molecule has 2 unspecified atom stereocenters. The Hall–Kier alpha value is -1.04. The van der Waals surface area contributed by atoms with Gasteiger partial charge < -0.3 is 15.8 Å². The van der Waals surface area contributed by atoms with E-state index in [1.165, 1.54) is 0 Å². The predicted molar refractivity (Wildman–Crippen MR) is 73.8 cm³/mol. The molecule has 1 heterocycles. The van der Waals surface area contributed by atoms with Gasteiger partial charge in [0.15, 0.2) is 0 Å². The maximum absolute atomic E-state index is 12.0. The summed E-state index contributed by atoms with van der Waals surface area (Å²) < 4.78 is 5.56. The molecule has 18 heavy (non-hydrogen) atoms. The second kappa shape index (κ2) is 6.22. The smallest absolute Gasteiger partial charge is 0.253 e. The highest BCUT2D eigenvalue weighted by Crippen LogP contribution is 2.22. The first-order valence-corrected chi connectivity index (χ1v) is 7.26. The van der Waals surface area contributed by atoms with E-state index in [1.807, 2.05) is 30.5 Å². The summed E-state index contributed by atoms with van der Waals surface area (Å²) in [5, 5.41) is 2.89. The third-order valence-corrected chi connectivity index (χ3v) is 3.73. The van der Waals surface area contributed by atoms with Crippen molar-refractivity contribution in [2.24, 2.45) is 5.73 Å². The van der Waals surface area contributed by atoms with Gasteiger partial charge in [-0.05, 0) is 37.3 Å². The topological polar surface area (TPSA) is 64.4 Å². The number of ether oxygens (including phenoxy) is 1. The van der Waals surface area contributed by atoms with Crippen molar-refractivity contribution >= 4 is 23.4 Å². The molecule has 1 amide bonds. The standard InChI is InChI=1S/C13H18N2O2S/c1-18-11-4-2-3-9(7-11)15-13(16)12-6-5-10(8-14)17-12/h2-4,7,10,12H,5-6,8,14H2,1H3,(H,15,16). The van der Waals surface area contributed by atoms with E-state index >= 15 is 0 Å². The normalized spacial score (nSPS) is 23.0. The van der Waals surface area contributed by atoms with Gasteiger partial charge in [-0.25, -0.2) is 0 Å². The number of nitrogens with one attached hydrogen (secondary N) is 1. The Balaban J connectivity index is 1.94. The zero-order valence-corrected chi connectivity index (χ0v) is 11.2. The van der Waals surface area contributed by atoms with Crippen LogP contribution in [0.1, 0.15) is 12.8 Å². The fourth-order valence-electron chi connectivity index (χ4n) is 2.00. The van der Waals surface area contributed by atoms with Crippen LogP contribution in [0.3, 0.4) is 0 Å². The molecule has 1 saturated heterocycles. The van der Waals surface area contributed by atoms with Crippen molar-refractivity contribution in [3.63, 3.8) is 0 Å². The van der Waals surface area contributed by atoms with Crippen molar-refractivity contribution in [2.75, 3.05) is 18.1 Å². The summed E-state index contributed by atoms with van der Waals surface area (Å²) in [7, 11) is 0. The third kappa shape index (κ3) is 3.25. The molecule has 1 aromatic carbocycles. The van der Waals surface area contributed by atoms with Gasteiger partial charge in [-0.15, -0.1) is 11.8 Å². The number of hydrogen-bond donors (Lipinski definition) is 2. The fourth-order valence-corrected chi connectivity index (χ4v) is 2.46. The molecule has 0 bridgehead atoms. The summed E-state index contributed by atoms with van der Waals surface area (Å²) in [4.78, 5) is 13.1. The molecule has 0 saturated carbocycles. The monoisotopic (exact) mass is 266 g/mol. The molecular formula is C13H18N2O2S. The molecular weight excluding hydrogens is 248 g/mol. The Morgan fingerprint density at radius 3 is 3.06 bits per heavy atom. The zero-order valence-electron chi connectivity index (χ0n) is 10.4. The lowest BCUT2D eigenvalue weighted by Gasteiger charge is -2.13. The lowest BCUT2D eigenvalue weighted by atomic mass is 10.2. The van der Waals surface area contributed by atoms with E-state index in [0.717, 1.165) is 23.4 Å². The maximum atomic E-state index is 12.0. The van der Waals surface area contributed by atoms with Crippen LogP contribution in [-0.4, -0.2) is 30.9 Å². The van der Waals surface area contributed by atoms with Gasteiger partial charge in [0.2, 0.25) is 0 Å². The van der Waals surface area contributed by atoms with Crippen molar-refractivity contribution in [3.05, 3.63) is 24.3 Å². The number of anilines is 1. The van der Waals surface area contributed by atoms with Crippen molar-refractivity contribution in [1.29, 1.82) is 0 Å². The van der Waals surface area contributed by atoms with E-state index < -0.39 is 0 Å². The van der Waals surface area contributed by atoms with Crippen LogP contribution in [0.15, 0.2) is 29.2 Å². The van der Waals surface area contributed by atoms with Crippen LogP contribution in [0.5, 0.6) is 0 Å². The number of rotatable bonds is 4. The molecule has 1 aliphatic heterocycles. The first kappa shape index (κ1) is 13.4. The van der Waals surface area contributed by atoms with Crippen LogP contribution in [0.25, 0.3) is 0 Å². The fraction of sp³-hybridized carbons (Fsp3) is 0.462. The molecule has 0 aliphatic carbocycles. The van der Waals surface area contributed by atoms with Crippen molar-refractivity contribution in [3.8, 4) is 0 Å². The van der Waals surface area contributed by atoms with E-state index in [4.69, 9.17) is 10.5 Å². The number of amides is 1. The number of hydrogen-bond acceptors (Lipinski definition) is 4. The quantitative estimate of drug-likeness (QED) is 0.816. The second-order valence-electron chi connectivity index (χ2n) is 4.28. The van der Waals surface area contributed by atoms with Gasteiger partial charge >= 0.3 is 0 Å². The lowest BCUT2D eigenvalue weighted by Crippen LogP contribution is -2.29. The molecule has 0 aromatic heterocycles. The summed E-state index contributed by atoms with van der Waals surface area (Å²) in [6.07, 6.45) is 3.28. The average Bonchev–Trinajstić information content (AvgIpc) is 2.88. The minimum atomic E-state index is -0.364. The Morgan fingerprint density at radius 2 is 2.39 bits per heavy atom. The van der Waals surface area contributed by atoms with Crippen LogP contribution < -0.4 is 11.1 Å². The molecule has 2 atom stereocenters. The Labute approximate surface area is 111 Å². The minimum absolute atomic E-state index is 0.0262. The molecule has 4 nitrogen and oxygen atoms in total. The number of nitrogens with two attached hydrogens (primary N) is 1. The molecule has 98 valence electrons. The van der Waals surface area contributed by atoms with E-state index in [-0.39, 0.29) is 18.1 Å². The van der Waals surface area contributed by atoms with E-state index in [2.05, 4.69) is 5.32 Å². The molecule has 5 heteroatoms. The average molecular weight is 266 g/mol. The van der Waals surface area contributed by atoms with E-state index in [1.54, 1.807) is 11.8 Å². The highest BCUT2D eigenvalue weighted by molar-refractivity contribution is 7.98. The number of benzene rings is 1. The third-order valence-electron chi connectivity index (χ3n) is 3.00. The van der Waals surface area contributed by atoms with Crippen LogP contribution >= 0.6 is 11.8 Å². The molecule has 0 radical (unpaired) electrons. The molecule has 1 aromatic rings. The first-order chi connectivity index (χ1) is 8.72. The van der Waals surface area contributed by atoms with Gasteiger partial charge in [0.25, 0.3) is 5.91 Å². The number of carbonyl (C=O) groups is 1. The molecule has 1 fully saturated rings. The summed E-state index contributed by atoms with van der Waals surface area (Å²) >= 11 is 1.65. The van der Waals surface area contributed by atoms with Crippen molar-refractivity contribution in [2.45, 2.75) is 29.9 Å². The summed E-state index contributed by atoms with van der Waals surface area (Å²) in [5.41, 5.74) is 6.34. The molecule has 1 aliphatic rings. The largest absolute Gasteiger partial charge is 0.364 e. The van der Waals surface area contributed by atoms with Gasteiger partial charge in [-0.2, -0.15) is 0 Å². The van der Waals surface area contributed by atoms with E-state index in [0.29, 0.717) is 6.54 Å². The van der Waals surface area contributed by atoms with Crippen molar-refractivity contribution < 1.29 is 9.53 Å². The van der Waals surface area contributed by atoms with Crippen LogP contribution in [0.4, 0.5) is 5.69 Å². The predicted octanol–water partition coefficient (Wildman–Crippen LogP) is 1.85. The highest BCUT2D eigenvalue weighted by atomic mass is 32.2. The lowest BCUT2D eigenvalue weighted by molar-refractivity contribution is -0.126. The Kier molecular flexibility index (Phi) is 4.63. The van der Waals surface area contributed by atoms with Gasteiger partial charge in [-0.1, -0.05) is 6.07 Å². The van der Waals surface area contributed by atoms with E-state index in [9.17, 15) is 4.79 Å². The maximum Gasteiger partial charge on any atom is 0.253 e. The molecule has 3 N–H and O–H groups in total. The molecule has 0 spiro atoms. The Morgan fingerprint density at radius 1 is 1.56 bits per heavy atom. The van der Waals surface area contributed by atoms with Gasteiger partial charge in [0, 0.05) is 17.1 Å². The number of thioether (sulfide) groups is 1. The van der Waals surface area contributed by atoms with Crippen LogP contribution in [0.2, 0.25) is 0 Å².